The van der Waals surface area contributed by atoms with Gasteiger partial charge < -0.3 is 5.32 Å². The molecule has 0 aliphatic rings. The fraction of sp³-hybridized carbons (Fsp3) is 0.556. The van der Waals surface area contributed by atoms with Crippen LogP contribution in [0.3, 0.4) is 0 Å². The number of aromatic nitrogens is 2. The summed E-state index contributed by atoms with van der Waals surface area (Å²) >= 11 is 5.65. The molecule has 0 radical (unpaired) electrons. The summed E-state index contributed by atoms with van der Waals surface area (Å²) in [5.74, 6) is 1.34. The summed E-state index contributed by atoms with van der Waals surface area (Å²) in [5, 5.41) is 3.53. The minimum absolute atomic E-state index is 0.279. The van der Waals surface area contributed by atoms with Crippen LogP contribution >= 0.6 is 11.6 Å². The number of rotatable bonds is 3. The molecule has 1 N–H and O–H groups in total. The Balaban J connectivity index is 2.64. The minimum atomic E-state index is 0.279. The maximum absolute atomic E-state index is 5.65. The van der Waals surface area contributed by atoms with Gasteiger partial charge in [-0.1, -0.05) is 13.8 Å². The summed E-state index contributed by atoms with van der Waals surface area (Å²) in [6.45, 7) is 6.42. The van der Waals surface area contributed by atoms with Crippen molar-refractivity contribution in [2.24, 2.45) is 5.92 Å². The van der Waals surface area contributed by atoms with Gasteiger partial charge in [-0.25, -0.2) is 9.97 Å². The number of hydrogen-bond donors (Lipinski definition) is 1. The molecule has 0 saturated heterocycles. The second kappa shape index (κ2) is 4.42. The van der Waals surface area contributed by atoms with Crippen LogP contribution < -0.4 is 5.32 Å². The van der Waals surface area contributed by atoms with E-state index in [0.29, 0.717) is 12.0 Å². The van der Waals surface area contributed by atoms with Crippen molar-refractivity contribution in [2.45, 2.75) is 26.8 Å². The zero-order valence-corrected chi connectivity index (χ0v) is 8.84. The van der Waals surface area contributed by atoms with Crippen LogP contribution in [0, 0.1) is 5.92 Å². The van der Waals surface area contributed by atoms with Crippen molar-refractivity contribution in [1.29, 1.82) is 0 Å². The van der Waals surface area contributed by atoms with E-state index in [0.717, 1.165) is 5.82 Å². The number of nitrogens with zero attached hydrogens (tertiary/aromatic N) is 2. The van der Waals surface area contributed by atoms with Crippen LogP contribution in [0.15, 0.2) is 12.3 Å². The van der Waals surface area contributed by atoms with Crippen LogP contribution in [0.2, 0.25) is 5.28 Å². The Bertz CT molecular complexity index is 275. The Morgan fingerprint density at radius 3 is 2.62 bits per heavy atom. The SMILES string of the molecule is CC(C)C(C)Nc1ccnc(Cl)n1. The molecule has 1 unspecified atom stereocenters. The number of anilines is 1. The second-order valence-electron chi connectivity index (χ2n) is 3.39. The van der Waals surface area contributed by atoms with Gasteiger partial charge in [-0.3, -0.25) is 0 Å². The van der Waals surface area contributed by atoms with E-state index in [1.54, 1.807) is 6.20 Å². The Morgan fingerprint density at radius 2 is 2.08 bits per heavy atom. The largest absolute Gasteiger partial charge is 0.367 e. The molecule has 0 aliphatic heterocycles. The lowest BCUT2D eigenvalue weighted by Crippen LogP contribution is -2.22. The Hall–Kier alpha value is -0.830. The van der Waals surface area contributed by atoms with Crippen LogP contribution in [-0.4, -0.2) is 16.0 Å². The van der Waals surface area contributed by atoms with E-state index in [-0.39, 0.29) is 5.28 Å². The predicted octanol–water partition coefficient (Wildman–Crippen LogP) is 2.59. The predicted molar refractivity (Wildman–Crippen MR) is 55.0 cm³/mol. The molecule has 4 heteroatoms. The third-order valence-corrected chi connectivity index (χ3v) is 2.18. The van der Waals surface area contributed by atoms with Gasteiger partial charge in [-0.05, 0) is 30.5 Å². The molecule has 0 aromatic carbocycles. The van der Waals surface area contributed by atoms with Crippen LogP contribution in [0.4, 0.5) is 5.82 Å². The Morgan fingerprint density at radius 1 is 1.38 bits per heavy atom. The maximum Gasteiger partial charge on any atom is 0.224 e. The van der Waals surface area contributed by atoms with Gasteiger partial charge in [0.1, 0.15) is 5.82 Å². The van der Waals surface area contributed by atoms with Gasteiger partial charge in [0, 0.05) is 12.2 Å². The molecule has 1 aromatic rings. The summed E-state index contributed by atoms with van der Waals surface area (Å²) in [4.78, 5) is 7.85. The fourth-order valence-corrected chi connectivity index (χ4v) is 0.963. The monoisotopic (exact) mass is 199 g/mol. The summed E-state index contributed by atoms with van der Waals surface area (Å²) in [6.07, 6.45) is 1.64. The molecule has 0 aliphatic carbocycles. The first kappa shape index (κ1) is 10.3. The first-order valence-corrected chi connectivity index (χ1v) is 4.72. The Labute approximate surface area is 83.5 Å². The van der Waals surface area contributed by atoms with Gasteiger partial charge in [0.25, 0.3) is 0 Å². The molecule has 1 rings (SSSR count). The molecule has 3 nitrogen and oxygen atoms in total. The molecule has 1 aromatic heterocycles. The van der Waals surface area contributed by atoms with E-state index in [4.69, 9.17) is 11.6 Å². The smallest absolute Gasteiger partial charge is 0.224 e. The molecule has 0 fully saturated rings. The average molecular weight is 200 g/mol. The Kier molecular flexibility index (Phi) is 3.48. The molecule has 13 heavy (non-hydrogen) atoms. The van der Waals surface area contributed by atoms with Gasteiger partial charge in [0.05, 0.1) is 0 Å². The van der Waals surface area contributed by atoms with E-state index >= 15 is 0 Å². The van der Waals surface area contributed by atoms with Gasteiger partial charge in [0.2, 0.25) is 5.28 Å². The highest BCUT2D eigenvalue weighted by Gasteiger charge is 2.07. The quantitative estimate of drug-likeness (QED) is 0.761. The van der Waals surface area contributed by atoms with Gasteiger partial charge >= 0.3 is 0 Å². The number of hydrogen-bond acceptors (Lipinski definition) is 3. The van der Waals surface area contributed by atoms with Crippen molar-refractivity contribution >= 4 is 17.4 Å². The minimum Gasteiger partial charge on any atom is -0.367 e. The van der Waals surface area contributed by atoms with Gasteiger partial charge in [-0.2, -0.15) is 0 Å². The lowest BCUT2D eigenvalue weighted by atomic mass is 10.1. The molecule has 72 valence electrons. The third-order valence-electron chi connectivity index (χ3n) is 2.00. The van der Waals surface area contributed by atoms with E-state index in [1.165, 1.54) is 0 Å². The van der Waals surface area contributed by atoms with E-state index in [2.05, 4.69) is 36.1 Å². The van der Waals surface area contributed by atoms with Crippen molar-refractivity contribution in [3.63, 3.8) is 0 Å². The number of nitrogens with one attached hydrogen (secondary N) is 1. The van der Waals surface area contributed by atoms with Gasteiger partial charge in [0.15, 0.2) is 0 Å². The topological polar surface area (TPSA) is 37.8 Å². The van der Waals surface area contributed by atoms with Crippen LogP contribution in [-0.2, 0) is 0 Å². The van der Waals surface area contributed by atoms with E-state index in [1.807, 2.05) is 6.07 Å². The summed E-state index contributed by atoms with van der Waals surface area (Å²) in [7, 11) is 0. The van der Waals surface area contributed by atoms with Crippen molar-refractivity contribution in [1.82, 2.24) is 9.97 Å². The highest BCUT2D eigenvalue weighted by Crippen LogP contribution is 2.10. The number of halogens is 1. The van der Waals surface area contributed by atoms with Crippen LogP contribution in [0.1, 0.15) is 20.8 Å². The fourth-order valence-electron chi connectivity index (χ4n) is 0.815. The molecule has 0 amide bonds. The van der Waals surface area contributed by atoms with Crippen molar-refractivity contribution in [2.75, 3.05) is 5.32 Å². The lowest BCUT2D eigenvalue weighted by Gasteiger charge is -2.17. The van der Waals surface area contributed by atoms with Crippen molar-refractivity contribution < 1.29 is 0 Å². The molecule has 0 saturated carbocycles. The van der Waals surface area contributed by atoms with E-state index in [9.17, 15) is 0 Å². The van der Waals surface area contributed by atoms with E-state index < -0.39 is 0 Å². The van der Waals surface area contributed by atoms with Crippen molar-refractivity contribution in [3.05, 3.63) is 17.5 Å². The lowest BCUT2D eigenvalue weighted by molar-refractivity contribution is 0.558. The summed E-state index contributed by atoms with van der Waals surface area (Å²) in [6, 6.07) is 2.19. The molecular weight excluding hydrogens is 186 g/mol. The second-order valence-corrected chi connectivity index (χ2v) is 3.73. The molecular formula is C9H14ClN3. The molecule has 1 heterocycles. The molecule has 1 atom stereocenters. The zero-order valence-electron chi connectivity index (χ0n) is 8.08. The first-order valence-electron chi connectivity index (χ1n) is 4.34. The molecule has 0 bridgehead atoms. The maximum atomic E-state index is 5.65. The highest BCUT2D eigenvalue weighted by atomic mass is 35.5. The first-order chi connectivity index (χ1) is 6.09. The average Bonchev–Trinajstić information content (AvgIpc) is 2.04. The summed E-state index contributed by atoms with van der Waals surface area (Å²) < 4.78 is 0. The third kappa shape index (κ3) is 3.19. The highest BCUT2D eigenvalue weighted by molar-refractivity contribution is 6.28. The molecule has 0 spiro atoms. The van der Waals surface area contributed by atoms with Crippen molar-refractivity contribution in [3.8, 4) is 0 Å². The summed E-state index contributed by atoms with van der Waals surface area (Å²) in [5.41, 5.74) is 0. The van der Waals surface area contributed by atoms with Crippen LogP contribution in [0.5, 0.6) is 0 Å². The standard InChI is InChI=1S/C9H14ClN3/c1-6(2)7(3)12-8-4-5-11-9(10)13-8/h4-7H,1-3H3,(H,11,12,13). The normalized spacial score (nSPS) is 13.0. The van der Waals surface area contributed by atoms with Gasteiger partial charge in [-0.15, -0.1) is 0 Å². The zero-order chi connectivity index (χ0) is 9.84. The van der Waals surface area contributed by atoms with Crippen LogP contribution in [0.25, 0.3) is 0 Å².